The Labute approximate surface area is 88.6 Å². The Morgan fingerprint density at radius 1 is 1.62 bits per heavy atom. The van der Waals surface area contributed by atoms with Gasteiger partial charge in [-0.15, -0.1) is 11.3 Å². The van der Waals surface area contributed by atoms with E-state index in [9.17, 15) is 0 Å². The van der Waals surface area contributed by atoms with Crippen LogP contribution < -0.4 is 0 Å². The van der Waals surface area contributed by atoms with Crippen molar-refractivity contribution in [3.63, 3.8) is 0 Å². The predicted octanol–water partition coefficient (Wildman–Crippen LogP) is 2.46. The van der Waals surface area contributed by atoms with Gasteiger partial charge < -0.3 is 0 Å². The normalized spacial score (nSPS) is 10.6. The number of thiazole rings is 1. The zero-order chi connectivity index (χ0) is 9.26. The third kappa shape index (κ3) is 2.16. The second kappa shape index (κ2) is 3.59. The molecule has 0 saturated carbocycles. The van der Waals surface area contributed by atoms with E-state index in [1.807, 2.05) is 23.2 Å². The molecule has 0 aromatic carbocycles. The number of hydrogen-bond acceptors (Lipinski definition) is 3. The summed E-state index contributed by atoms with van der Waals surface area (Å²) in [5.41, 5.74) is 1.08. The Morgan fingerprint density at radius 2 is 2.46 bits per heavy atom. The molecule has 68 valence electrons. The molecule has 0 amide bonds. The van der Waals surface area contributed by atoms with Crippen molar-refractivity contribution in [1.29, 1.82) is 0 Å². The van der Waals surface area contributed by atoms with E-state index in [2.05, 4.69) is 26.0 Å². The van der Waals surface area contributed by atoms with Gasteiger partial charge in [0.1, 0.15) is 5.01 Å². The van der Waals surface area contributed by atoms with Gasteiger partial charge in [-0.3, -0.25) is 4.68 Å². The van der Waals surface area contributed by atoms with Crippen LogP contribution >= 0.6 is 27.3 Å². The van der Waals surface area contributed by atoms with Crippen LogP contribution in [0.2, 0.25) is 0 Å². The largest absolute Gasteiger partial charge is 0.265 e. The number of rotatable bonds is 2. The molecule has 0 fully saturated rings. The average Bonchev–Trinajstić information content (AvgIpc) is 2.62. The number of aromatic nitrogens is 3. The molecule has 0 radical (unpaired) electrons. The van der Waals surface area contributed by atoms with Crippen molar-refractivity contribution in [3.05, 3.63) is 32.9 Å². The molecule has 0 aliphatic carbocycles. The molecule has 5 heteroatoms. The Bertz CT molecular complexity index is 369. The molecular weight excluding hydrogens is 250 g/mol. The van der Waals surface area contributed by atoms with Gasteiger partial charge in [-0.25, -0.2) is 4.98 Å². The molecule has 0 aliphatic heterocycles. The summed E-state index contributed by atoms with van der Waals surface area (Å²) < 4.78 is 2.86. The molecule has 3 nitrogen and oxygen atoms in total. The predicted molar refractivity (Wildman–Crippen MR) is 55.9 cm³/mol. The third-order valence-electron chi connectivity index (χ3n) is 1.57. The maximum absolute atomic E-state index is 4.36. The highest BCUT2D eigenvalue weighted by Gasteiger charge is 2.00. The van der Waals surface area contributed by atoms with Crippen molar-refractivity contribution < 1.29 is 0 Å². The molecule has 13 heavy (non-hydrogen) atoms. The minimum atomic E-state index is 0.754. The van der Waals surface area contributed by atoms with E-state index < -0.39 is 0 Å². The number of aryl methyl sites for hydroxylation is 1. The minimum absolute atomic E-state index is 0.754. The van der Waals surface area contributed by atoms with Crippen molar-refractivity contribution in [2.45, 2.75) is 13.5 Å². The third-order valence-corrected chi connectivity index (χ3v) is 2.93. The fourth-order valence-corrected chi connectivity index (χ4v) is 2.13. The lowest BCUT2D eigenvalue weighted by atomic mass is 10.6. The van der Waals surface area contributed by atoms with Gasteiger partial charge in [-0.1, -0.05) is 0 Å². The molecule has 0 unspecified atom stereocenters. The van der Waals surface area contributed by atoms with Crippen molar-refractivity contribution in [2.75, 3.05) is 0 Å². The fourth-order valence-electron chi connectivity index (χ4n) is 1.04. The van der Waals surface area contributed by atoms with Gasteiger partial charge >= 0.3 is 0 Å². The highest BCUT2D eigenvalue weighted by Crippen LogP contribution is 2.12. The van der Waals surface area contributed by atoms with E-state index in [4.69, 9.17) is 0 Å². The highest BCUT2D eigenvalue weighted by molar-refractivity contribution is 9.10. The SMILES string of the molecule is Cc1csc(Cn2cc(Br)cn2)n1. The molecule has 0 saturated heterocycles. The van der Waals surface area contributed by atoms with E-state index in [0.29, 0.717) is 0 Å². The van der Waals surface area contributed by atoms with Gasteiger partial charge in [0.25, 0.3) is 0 Å². The van der Waals surface area contributed by atoms with Gasteiger partial charge in [0, 0.05) is 17.3 Å². The summed E-state index contributed by atoms with van der Waals surface area (Å²) in [7, 11) is 0. The molecular formula is C8H8BrN3S. The first kappa shape index (κ1) is 8.90. The number of nitrogens with zero attached hydrogens (tertiary/aromatic N) is 3. The summed E-state index contributed by atoms with van der Waals surface area (Å²) in [5.74, 6) is 0. The van der Waals surface area contributed by atoms with Gasteiger partial charge in [-0.05, 0) is 22.9 Å². The quantitative estimate of drug-likeness (QED) is 0.828. The summed E-state index contributed by atoms with van der Waals surface area (Å²) in [6.07, 6.45) is 3.72. The van der Waals surface area contributed by atoms with E-state index in [0.717, 1.165) is 21.7 Å². The van der Waals surface area contributed by atoms with Crippen molar-refractivity contribution >= 4 is 27.3 Å². The average molecular weight is 258 g/mol. The zero-order valence-electron chi connectivity index (χ0n) is 7.07. The van der Waals surface area contributed by atoms with Crippen LogP contribution in [0.25, 0.3) is 0 Å². The maximum atomic E-state index is 4.36. The van der Waals surface area contributed by atoms with E-state index in [-0.39, 0.29) is 0 Å². The van der Waals surface area contributed by atoms with Crippen LogP contribution in [0, 0.1) is 6.92 Å². The highest BCUT2D eigenvalue weighted by atomic mass is 79.9. The van der Waals surface area contributed by atoms with Crippen molar-refractivity contribution in [1.82, 2.24) is 14.8 Å². The summed E-state index contributed by atoms with van der Waals surface area (Å²) in [4.78, 5) is 4.36. The summed E-state index contributed by atoms with van der Waals surface area (Å²) in [6, 6.07) is 0. The van der Waals surface area contributed by atoms with E-state index in [1.165, 1.54) is 0 Å². The molecule has 2 rings (SSSR count). The number of hydrogen-bond donors (Lipinski definition) is 0. The first-order chi connectivity index (χ1) is 6.24. The standard InChI is InChI=1S/C8H8BrN3S/c1-6-5-13-8(11-6)4-12-3-7(9)2-10-12/h2-3,5H,4H2,1H3. The minimum Gasteiger partial charge on any atom is -0.265 e. The van der Waals surface area contributed by atoms with Gasteiger partial charge in [0.15, 0.2) is 0 Å². The number of halogens is 1. The van der Waals surface area contributed by atoms with Gasteiger partial charge in [0.05, 0.1) is 17.2 Å². The molecule has 0 atom stereocenters. The lowest BCUT2D eigenvalue weighted by Gasteiger charge is -1.95. The maximum Gasteiger partial charge on any atom is 0.114 e. The molecule has 0 N–H and O–H groups in total. The van der Waals surface area contributed by atoms with Crippen LogP contribution in [-0.2, 0) is 6.54 Å². The van der Waals surface area contributed by atoms with Crippen LogP contribution in [0.3, 0.4) is 0 Å². The van der Waals surface area contributed by atoms with Crippen LogP contribution in [-0.4, -0.2) is 14.8 Å². The zero-order valence-corrected chi connectivity index (χ0v) is 9.47. The Balaban J connectivity index is 2.14. The lowest BCUT2D eigenvalue weighted by molar-refractivity contribution is 0.682. The molecule has 0 aliphatic rings. The molecule has 0 bridgehead atoms. The molecule has 2 aromatic heterocycles. The van der Waals surface area contributed by atoms with Crippen molar-refractivity contribution in [2.24, 2.45) is 0 Å². The van der Waals surface area contributed by atoms with Crippen molar-refractivity contribution in [3.8, 4) is 0 Å². The Kier molecular flexibility index (Phi) is 2.46. The summed E-state index contributed by atoms with van der Waals surface area (Å²) in [5, 5.41) is 7.30. The molecule has 2 heterocycles. The topological polar surface area (TPSA) is 30.7 Å². The summed E-state index contributed by atoms with van der Waals surface area (Å²) >= 11 is 5.02. The molecule has 0 spiro atoms. The second-order valence-corrected chi connectivity index (χ2v) is 4.60. The van der Waals surface area contributed by atoms with Crippen LogP contribution in [0.4, 0.5) is 0 Å². The second-order valence-electron chi connectivity index (χ2n) is 2.74. The first-order valence-electron chi connectivity index (χ1n) is 3.83. The van der Waals surface area contributed by atoms with Crippen LogP contribution in [0.5, 0.6) is 0 Å². The molecule has 2 aromatic rings. The fraction of sp³-hybridized carbons (Fsp3) is 0.250. The van der Waals surface area contributed by atoms with E-state index >= 15 is 0 Å². The van der Waals surface area contributed by atoms with E-state index in [1.54, 1.807) is 17.5 Å². The van der Waals surface area contributed by atoms with Crippen LogP contribution in [0.15, 0.2) is 22.2 Å². The Morgan fingerprint density at radius 3 is 3.00 bits per heavy atom. The Hall–Kier alpha value is -0.680. The first-order valence-corrected chi connectivity index (χ1v) is 5.50. The monoisotopic (exact) mass is 257 g/mol. The summed E-state index contributed by atoms with van der Waals surface area (Å²) in [6.45, 7) is 2.75. The van der Waals surface area contributed by atoms with Crippen LogP contribution in [0.1, 0.15) is 10.7 Å². The smallest absolute Gasteiger partial charge is 0.114 e. The van der Waals surface area contributed by atoms with Gasteiger partial charge in [0.2, 0.25) is 0 Å². The van der Waals surface area contributed by atoms with Gasteiger partial charge in [-0.2, -0.15) is 5.10 Å². The lowest BCUT2D eigenvalue weighted by Crippen LogP contribution is -1.98.